The first-order chi connectivity index (χ1) is 8.85. The molecule has 1 rings (SSSR count). The van der Waals surface area contributed by atoms with Gasteiger partial charge in [-0.1, -0.05) is 0 Å². The molecule has 1 unspecified atom stereocenters. The summed E-state index contributed by atoms with van der Waals surface area (Å²) in [5.41, 5.74) is -1.71. The van der Waals surface area contributed by atoms with E-state index in [-0.39, 0.29) is 11.6 Å². The molecule has 0 bridgehead atoms. The van der Waals surface area contributed by atoms with Gasteiger partial charge < -0.3 is 5.11 Å². The lowest BCUT2D eigenvalue weighted by Gasteiger charge is -2.27. The van der Waals surface area contributed by atoms with Gasteiger partial charge in [-0.15, -0.1) is 0 Å². The van der Waals surface area contributed by atoms with Gasteiger partial charge in [-0.05, 0) is 24.6 Å². The number of rotatable bonds is 2. The molecule has 0 aliphatic heterocycles. The van der Waals surface area contributed by atoms with Crippen LogP contribution in [0.5, 0.6) is 0 Å². The molecule has 0 saturated heterocycles. The van der Waals surface area contributed by atoms with Crippen molar-refractivity contribution in [3.8, 4) is 0 Å². The summed E-state index contributed by atoms with van der Waals surface area (Å²) in [4.78, 5) is 0. The van der Waals surface area contributed by atoms with Crippen molar-refractivity contribution in [2.24, 2.45) is 5.92 Å². The molecule has 0 fully saturated rings. The summed E-state index contributed by atoms with van der Waals surface area (Å²) in [5, 5.41) is 9.20. The molecule has 0 saturated carbocycles. The first-order valence-corrected chi connectivity index (χ1v) is 5.12. The standard InChI is InChI=1S/C11H8F8O/c1-4-2-7(13)5(3-6(4)12)8(20)9(10(14,15)16)11(17,18)19/h2-3,8-9,20H,1H3. The van der Waals surface area contributed by atoms with Crippen molar-refractivity contribution < 1.29 is 40.2 Å². The highest BCUT2D eigenvalue weighted by molar-refractivity contribution is 5.27. The van der Waals surface area contributed by atoms with E-state index in [0.29, 0.717) is 6.07 Å². The average molecular weight is 308 g/mol. The lowest BCUT2D eigenvalue weighted by atomic mass is 9.93. The molecule has 1 aromatic rings. The van der Waals surface area contributed by atoms with Crippen LogP contribution in [-0.2, 0) is 0 Å². The third kappa shape index (κ3) is 3.38. The van der Waals surface area contributed by atoms with Crippen LogP contribution in [0.3, 0.4) is 0 Å². The fourth-order valence-corrected chi connectivity index (χ4v) is 1.61. The Morgan fingerprint density at radius 3 is 1.75 bits per heavy atom. The van der Waals surface area contributed by atoms with Crippen molar-refractivity contribution in [3.63, 3.8) is 0 Å². The summed E-state index contributed by atoms with van der Waals surface area (Å²) in [6, 6.07) is 0.539. The number of halogens is 8. The zero-order valence-corrected chi connectivity index (χ0v) is 9.78. The van der Waals surface area contributed by atoms with Gasteiger partial charge in [0, 0.05) is 5.56 Å². The van der Waals surface area contributed by atoms with Crippen LogP contribution in [0.1, 0.15) is 17.2 Å². The van der Waals surface area contributed by atoms with Gasteiger partial charge in [0.25, 0.3) is 0 Å². The Labute approximate surface area is 107 Å². The second kappa shape index (κ2) is 5.19. The Bertz CT molecular complexity index is 476. The normalized spacial score (nSPS) is 14.8. The van der Waals surface area contributed by atoms with Crippen LogP contribution in [0.2, 0.25) is 0 Å². The Balaban J connectivity index is 3.34. The molecule has 0 spiro atoms. The van der Waals surface area contributed by atoms with Crippen LogP contribution in [0.15, 0.2) is 12.1 Å². The van der Waals surface area contributed by atoms with E-state index < -0.39 is 41.6 Å². The zero-order chi connectivity index (χ0) is 15.9. The number of benzene rings is 1. The Kier molecular flexibility index (Phi) is 4.33. The van der Waals surface area contributed by atoms with E-state index in [1.54, 1.807) is 0 Å². The van der Waals surface area contributed by atoms with Gasteiger partial charge in [-0.25, -0.2) is 8.78 Å². The highest BCUT2D eigenvalue weighted by Gasteiger charge is 2.60. The van der Waals surface area contributed by atoms with Crippen LogP contribution in [-0.4, -0.2) is 17.5 Å². The van der Waals surface area contributed by atoms with Crippen molar-refractivity contribution in [1.82, 2.24) is 0 Å². The van der Waals surface area contributed by atoms with Crippen molar-refractivity contribution in [2.75, 3.05) is 0 Å². The van der Waals surface area contributed by atoms with Crippen LogP contribution in [0, 0.1) is 24.5 Å². The van der Waals surface area contributed by atoms with E-state index in [4.69, 9.17) is 0 Å². The highest BCUT2D eigenvalue weighted by Crippen LogP contribution is 2.46. The van der Waals surface area contributed by atoms with E-state index in [2.05, 4.69) is 0 Å². The number of hydrogen-bond acceptors (Lipinski definition) is 1. The van der Waals surface area contributed by atoms with E-state index in [1.807, 2.05) is 0 Å². The monoisotopic (exact) mass is 308 g/mol. The van der Waals surface area contributed by atoms with Crippen molar-refractivity contribution >= 4 is 0 Å². The first-order valence-electron chi connectivity index (χ1n) is 5.12. The van der Waals surface area contributed by atoms with E-state index in [1.165, 1.54) is 0 Å². The van der Waals surface area contributed by atoms with Gasteiger partial charge in [0.05, 0.1) is 0 Å². The third-order valence-electron chi connectivity index (χ3n) is 2.62. The molecule has 1 aromatic carbocycles. The van der Waals surface area contributed by atoms with E-state index >= 15 is 0 Å². The molecule has 20 heavy (non-hydrogen) atoms. The maximum Gasteiger partial charge on any atom is 0.403 e. The average Bonchev–Trinajstić information content (AvgIpc) is 2.18. The molecule has 9 heteroatoms. The van der Waals surface area contributed by atoms with Crippen molar-refractivity contribution in [3.05, 3.63) is 34.9 Å². The highest BCUT2D eigenvalue weighted by atomic mass is 19.4. The molecule has 1 atom stereocenters. The molecule has 1 nitrogen and oxygen atoms in total. The Morgan fingerprint density at radius 1 is 0.900 bits per heavy atom. The second-order valence-corrected chi connectivity index (χ2v) is 4.13. The summed E-state index contributed by atoms with van der Waals surface area (Å²) >= 11 is 0. The third-order valence-corrected chi connectivity index (χ3v) is 2.62. The Hall–Kier alpha value is -1.38. The van der Waals surface area contributed by atoms with Gasteiger partial charge >= 0.3 is 12.4 Å². The molecule has 114 valence electrons. The maximum absolute atomic E-state index is 13.4. The Morgan fingerprint density at radius 2 is 1.35 bits per heavy atom. The summed E-state index contributed by atoms with van der Waals surface area (Å²) in [6.45, 7) is 1.07. The van der Waals surface area contributed by atoms with Gasteiger partial charge in [-0.3, -0.25) is 0 Å². The predicted octanol–water partition coefficient (Wildman–Crippen LogP) is 4.05. The van der Waals surface area contributed by atoms with Crippen LogP contribution in [0.25, 0.3) is 0 Å². The van der Waals surface area contributed by atoms with E-state index in [9.17, 15) is 40.2 Å². The molecular formula is C11H8F8O. The lowest BCUT2D eigenvalue weighted by Crippen LogP contribution is -2.41. The molecule has 0 aliphatic carbocycles. The summed E-state index contributed by atoms with van der Waals surface area (Å²) in [7, 11) is 0. The minimum atomic E-state index is -5.86. The largest absolute Gasteiger partial charge is 0.403 e. The minimum absolute atomic E-state index is 0.125. The first kappa shape index (κ1) is 16.7. The number of hydrogen-bond donors (Lipinski definition) is 1. The smallest absolute Gasteiger partial charge is 0.387 e. The quantitative estimate of drug-likeness (QED) is 0.817. The lowest BCUT2D eigenvalue weighted by molar-refractivity contribution is -0.307. The van der Waals surface area contributed by atoms with Gasteiger partial charge in [0.2, 0.25) is 0 Å². The summed E-state index contributed by atoms with van der Waals surface area (Å²) in [5.74, 6) is -6.97. The van der Waals surface area contributed by atoms with Gasteiger partial charge in [-0.2, -0.15) is 26.3 Å². The van der Waals surface area contributed by atoms with Crippen LogP contribution >= 0.6 is 0 Å². The molecule has 0 heterocycles. The molecular weight excluding hydrogens is 300 g/mol. The molecule has 0 aliphatic rings. The van der Waals surface area contributed by atoms with Gasteiger partial charge in [0.15, 0.2) is 5.92 Å². The topological polar surface area (TPSA) is 20.2 Å². The second-order valence-electron chi connectivity index (χ2n) is 4.13. The van der Waals surface area contributed by atoms with Crippen LogP contribution in [0.4, 0.5) is 35.1 Å². The minimum Gasteiger partial charge on any atom is -0.387 e. The molecule has 0 amide bonds. The van der Waals surface area contributed by atoms with E-state index in [0.717, 1.165) is 6.92 Å². The SMILES string of the molecule is Cc1cc(F)c(C(O)C(C(F)(F)F)C(F)(F)F)cc1F. The van der Waals surface area contributed by atoms with Crippen molar-refractivity contribution in [2.45, 2.75) is 25.4 Å². The summed E-state index contributed by atoms with van der Waals surface area (Å²) < 4.78 is 101. The molecule has 0 radical (unpaired) electrons. The number of alkyl halides is 6. The van der Waals surface area contributed by atoms with Crippen molar-refractivity contribution in [1.29, 1.82) is 0 Å². The van der Waals surface area contributed by atoms with Crippen LogP contribution < -0.4 is 0 Å². The zero-order valence-electron chi connectivity index (χ0n) is 9.78. The number of aliphatic hydroxyl groups excluding tert-OH is 1. The number of aliphatic hydroxyl groups is 1. The molecule has 1 N–H and O–H groups in total. The fraction of sp³-hybridized carbons (Fsp3) is 0.455. The summed E-state index contributed by atoms with van der Waals surface area (Å²) in [6.07, 6.45) is -15.0. The van der Waals surface area contributed by atoms with Gasteiger partial charge in [0.1, 0.15) is 17.7 Å². The maximum atomic E-state index is 13.4. The predicted molar refractivity (Wildman–Crippen MR) is 51.7 cm³/mol. The number of aryl methyl sites for hydroxylation is 1. The fourth-order valence-electron chi connectivity index (χ4n) is 1.61. The molecule has 0 aromatic heterocycles.